The number of guanidine groups is 1. The van der Waals surface area contributed by atoms with E-state index >= 15 is 0 Å². The van der Waals surface area contributed by atoms with Crippen molar-refractivity contribution in [2.45, 2.75) is 33.5 Å². The first-order valence-corrected chi connectivity index (χ1v) is 8.59. The molecule has 0 amide bonds. The lowest BCUT2D eigenvalue weighted by molar-refractivity contribution is -0.0498. The van der Waals surface area contributed by atoms with E-state index in [2.05, 4.69) is 20.0 Å². The topological polar surface area (TPSA) is 49.8 Å². The molecule has 0 radical (unpaired) electrons. The molecule has 136 valence electrons. The molecule has 0 atom stereocenters. The average molecular weight is 368 g/mol. The number of nitrogens with one attached hydrogen (secondary N) is 1. The van der Waals surface area contributed by atoms with Gasteiger partial charge in [-0.2, -0.15) is 8.78 Å². The molecule has 0 aliphatic carbocycles. The van der Waals surface area contributed by atoms with Gasteiger partial charge in [-0.3, -0.25) is 4.99 Å². The van der Waals surface area contributed by atoms with Gasteiger partial charge in [-0.1, -0.05) is 12.1 Å². The number of aromatic nitrogens is 1. The lowest BCUT2D eigenvalue weighted by atomic mass is 10.2. The summed E-state index contributed by atoms with van der Waals surface area (Å²) >= 11 is 1.67. The maximum atomic E-state index is 12.2. The summed E-state index contributed by atoms with van der Waals surface area (Å²) in [5.74, 6) is 0.901. The highest BCUT2D eigenvalue weighted by Crippen LogP contribution is 2.17. The number of aryl methyl sites for hydroxylation is 2. The number of alkyl halides is 2. The summed E-state index contributed by atoms with van der Waals surface area (Å²) in [6.45, 7) is 2.43. The SMILES string of the molecule is CN=C(NCc1sc(C)nc1C)N(C)Cc1ccc(OC(F)F)cc1. The van der Waals surface area contributed by atoms with E-state index in [9.17, 15) is 8.78 Å². The van der Waals surface area contributed by atoms with Gasteiger partial charge in [0, 0.05) is 25.5 Å². The van der Waals surface area contributed by atoms with Crippen molar-refractivity contribution in [2.24, 2.45) is 4.99 Å². The Labute approximate surface area is 150 Å². The monoisotopic (exact) mass is 368 g/mol. The van der Waals surface area contributed by atoms with Crippen LogP contribution in [0.5, 0.6) is 5.75 Å². The van der Waals surface area contributed by atoms with Gasteiger partial charge < -0.3 is 15.0 Å². The number of hydrogen-bond donors (Lipinski definition) is 1. The van der Waals surface area contributed by atoms with Gasteiger partial charge in [-0.05, 0) is 31.5 Å². The first-order chi connectivity index (χ1) is 11.9. The van der Waals surface area contributed by atoms with Crippen LogP contribution in [0.25, 0.3) is 0 Å². The molecule has 0 saturated carbocycles. The van der Waals surface area contributed by atoms with Crippen LogP contribution in [0.15, 0.2) is 29.3 Å². The van der Waals surface area contributed by atoms with Crippen LogP contribution < -0.4 is 10.1 Å². The molecule has 5 nitrogen and oxygen atoms in total. The number of ether oxygens (including phenoxy) is 1. The van der Waals surface area contributed by atoms with Gasteiger partial charge in [0.1, 0.15) is 5.75 Å². The minimum absolute atomic E-state index is 0.153. The number of hydrogen-bond acceptors (Lipinski definition) is 4. The molecule has 0 spiro atoms. The normalized spacial score (nSPS) is 11.7. The minimum Gasteiger partial charge on any atom is -0.435 e. The molecule has 2 aromatic rings. The van der Waals surface area contributed by atoms with Crippen LogP contribution in [-0.4, -0.2) is 36.6 Å². The molecular weight excluding hydrogens is 346 g/mol. The third-order valence-electron chi connectivity index (χ3n) is 3.55. The molecule has 0 aliphatic heterocycles. The van der Waals surface area contributed by atoms with Crippen LogP contribution in [0.4, 0.5) is 8.78 Å². The molecule has 1 heterocycles. The second-order valence-corrected chi connectivity index (χ2v) is 6.81. The molecule has 0 bridgehead atoms. The zero-order chi connectivity index (χ0) is 18.4. The third kappa shape index (κ3) is 5.67. The average Bonchev–Trinajstić information content (AvgIpc) is 2.87. The molecule has 1 N–H and O–H groups in total. The fourth-order valence-corrected chi connectivity index (χ4v) is 3.28. The summed E-state index contributed by atoms with van der Waals surface area (Å²) in [6, 6.07) is 6.60. The Morgan fingerprint density at radius 3 is 2.52 bits per heavy atom. The highest BCUT2D eigenvalue weighted by Gasteiger charge is 2.10. The van der Waals surface area contributed by atoms with Crippen molar-refractivity contribution in [2.75, 3.05) is 14.1 Å². The van der Waals surface area contributed by atoms with Crippen LogP contribution in [0.3, 0.4) is 0 Å². The van der Waals surface area contributed by atoms with E-state index < -0.39 is 6.61 Å². The zero-order valence-corrected chi connectivity index (χ0v) is 15.5. The molecule has 0 unspecified atom stereocenters. The zero-order valence-electron chi connectivity index (χ0n) is 14.7. The van der Waals surface area contributed by atoms with Gasteiger partial charge in [0.05, 0.1) is 17.2 Å². The van der Waals surface area contributed by atoms with E-state index in [1.54, 1.807) is 30.5 Å². The van der Waals surface area contributed by atoms with Crippen LogP contribution in [0, 0.1) is 13.8 Å². The second kappa shape index (κ2) is 8.75. The van der Waals surface area contributed by atoms with Gasteiger partial charge in [0.15, 0.2) is 5.96 Å². The quantitative estimate of drug-likeness (QED) is 0.626. The van der Waals surface area contributed by atoms with E-state index in [0.717, 1.165) is 22.2 Å². The molecule has 0 saturated heterocycles. The lowest BCUT2D eigenvalue weighted by Gasteiger charge is -2.22. The predicted molar refractivity (Wildman–Crippen MR) is 96.3 cm³/mol. The van der Waals surface area contributed by atoms with Crippen LogP contribution >= 0.6 is 11.3 Å². The summed E-state index contributed by atoms with van der Waals surface area (Å²) in [5, 5.41) is 4.36. The van der Waals surface area contributed by atoms with Crippen molar-refractivity contribution in [3.05, 3.63) is 45.4 Å². The number of nitrogens with zero attached hydrogens (tertiary/aromatic N) is 3. The largest absolute Gasteiger partial charge is 0.435 e. The molecule has 0 aliphatic rings. The van der Waals surface area contributed by atoms with Crippen molar-refractivity contribution in [3.8, 4) is 5.75 Å². The van der Waals surface area contributed by atoms with E-state index in [0.29, 0.717) is 13.1 Å². The van der Waals surface area contributed by atoms with Crippen LogP contribution in [-0.2, 0) is 13.1 Å². The summed E-state index contributed by atoms with van der Waals surface area (Å²) in [4.78, 5) is 11.8. The van der Waals surface area contributed by atoms with Crippen LogP contribution in [0.2, 0.25) is 0 Å². The molecule has 0 fully saturated rings. The van der Waals surface area contributed by atoms with Gasteiger partial charge in [-0.25, -0.2) is 4.98 Å². The van der Waals surface area contributed by atoms with Crippen molar-refractivity contribution in [1.82, 2.24) is 15.2 Å². The van der Waals surface area contributed by atoms with Gasteiger partial charge in [0.2, 0.25) is 0 Å². The first kappa shape index (κ1) is 19.1. The first-order valence-electron chi connectivity index (χ1n) is 7.77. The predicted octanol–water partition coefficient (Wildman–Crippen LogP) is 3.57. The Morgan fingerprint density at radius 2 is 2.00 bits per heavy atom. The molecule has 2 rings (SSSR count). The Balaban J connectivity index is 1.93. The van der Waals surface area contributed by atoms with E-state index in [-0.39, 0.29) is 5.75 Å². The Hall–Kier alpha value is -2.22. The van der Waals surface area contributed by atoms with E-state index in [1.165, 1.54) is 17.0 Å². The van der Waals surface area contributed by atoms with Crippen molar-refractivity contribution in [3.63, 3.8) is 0 Å². The van der Waals surface area contributed by atoms with Crippen molar-refractivity contribution in [1.29, 1.82) is 0 Å². The highest BCUT2D eigenvalue weighted by molar-refractivity contribution is 7.11. The van der Waals surface area contributed by atoms with E-state index in [1.807, 2.05) is 25.8 Å². The number of halogens is 2. The Bertz CT molecular complexity index is 716. The summed E-state index contributed by atoms with van der Waals surface area (Å²) < 4.78 is 28.7. The maximum Gasteiger partial charge on any atom is 0.387 e. The number of rotatable bonds is 6. The minimum atomic E-state index is -2.81. The summed E-state index contributed by atoms with van der Waals surface area (Å²) in [5.41, 5.74) is 2.00. The fourth-order valence-electron chi connectivity index (χ4n) is 2.41. The van der Waals surface area contributed by atoms with Crippen molar-refractivity contribution >= 4 is 17.3 Å². The summed E-state index contributed by atoms with van der Waals surface area (Å²) in [6.07, 6.45) is 0. The molecule has 25 heavy (non-hydrogen) atoms. The number of aliphatic imine (C=N–C) groups is 1. The molecule has 1 aromatic heterocycles. The Morgan fingerprint density at radius 1 is 1.32 bits per heavy atom. The molecule has 8 heteroatoms. The van der Waals surface area contributed by atoms with Crippen molar-refractivity contribution < 1.29 is 13.5 Å². The number of benzene rings is 1. The maximum absolute atomic E-state index is 12.2. The standard InChI is InChI=1S/C17H22F2N4OS/c1-11-15(25-12(2)22-11)9-21-17(20-3)23(4)10-13-5-7-14(8-6-13)24-16(18)19/h5-8,16H,9-10H2,1-4H3,(H,20,21). The van der Waals surface area contributed by atoms with Gasteiger partial charge >= 0.3 is 6.61 Å². The van der Waals surface area contributed by atoms with Gasteiger partial charge in [-0.15, -0.1) is 11.3 Å². The molecule has 1 aromatic carbocycles. The lowest BCUT2D eigenvalue weighted by Crippen LogP contribution is -2.38. The Kier molecular flexibility index (Phi) is 6.69. The second-order valence-electron chi connectivity index (χ2n) is 5.52. The molecular formula is C17H22F2N4OS. The smallest absolute Gasteiger partial charge is 0.387 e. The van der Waals surface area contributed by atoms with Crippen LogP contribution in [0.1, 0.15) is 21.1 Å². The highest BCUT2D eigenvalue weighted by atomic mass is 32.1. The van der Waals surface area contributed by atoms with E-state index in [4.69, 9.17) is 0 Å². The van der Waals surface area contributed by atoms with Gasteiger partial charge in [0.25, 0.3) is 0 Å². The third-order valence-corrected chi connectivity index (χ3v) is 4.62. The summed E-state index contributed by atoms with van der Waals surface area (Å²) in [7, 11) is 3.65. The fraction of sp³-hybridized carbons (Fsp3) is 0.412. The number of thiazole rings is 1.